The van der Waals surface area contributed by atoms with E-state index >= 15 is 0 Å². The van der Waals surface area contributed by atoms with E-state index < -0.39 is 0 Å². The van der Waals surface area contributed by atoms with Gasteiger partial charge in [0.25, 0.3) is 0 Å². The summed E-state index contributed by atoms with van der Waals surface area (Å²) in [6.45, 7) is 5.84. The predicted octanol–water partition coefficient (Wildman–Crippen LogP) is 3.26. The summed E-state index contributed by atoms with van der Waals surface area (Å²) in [6, 6.07) is 8.64. The molecule has 0 amide bonds. The fourth-order valence-electron chi connectivity index (χ4n) is 4.49. The highest BCUT2D eigenvalue weighted by Crippen LogP contribution is 2.43. The average Bonchev–Trinajstić information content (AvgIpc) is 3.22. The maximum Gasteiger partial charge on any atom is 0.120 e. The van der Waals surface area contributed by atoms with Gasteiger partial charge in [-0.05, 0) is 37.8 Å². The van der Waals surface area contributed by atoms with Gasteiger partial charge < -0.3 is 14.7 Å². The van der Waals surface area contributed by atoms with Crippen LogP contribution >= 0.6 is 0 Å². The first-order chi connectivity index (χ1) is 12.2. The van der Waals surface area contributed by atoms with Crippen LogP contribution in [-0.4, -0.2) is 39.5 Å². The Bertz CT molecular complexity index is 901. The molecular weight excluding hydrogens is 312 g/mol. The molecule has 1 fully saturated rings. The minimum absolute atomic E-state index is 0.137. The highest BCUT2D eigenvalue weighted by molar-refractivity contribution is 5.85. The normalized spacial score (nSPS) is 20.2. The number of rotatable bonds is 2. The quantitative estimate of drug-likeness (QED) is 0.755. The van der Waals surface area contributed by atoms with E-state index in [1.165, 1.54) is 22.2 Å². The third-order valence-electron chi connectivity index (χ3n) is 5.79. The first-order valence-corrected chi connectivity index (χ1v) is 9.20. The Morgan fingerprint density at radius 3 is 2.84 bits per heavy atom. The van der Waals surface area contributed by atoms with E-state index in [0.29, 0.717) is 0 Å². The van der Waals surface area contributed by atoms with Crippen molar-refractivity contribution in [2.45, 2.75) is 38.3 Å². The van der Waals surface area contributed by atoms with Gasteiger partial charge in [-0.2, -0.15) is 0 Å². The minimum atomic E-state index is -0.137. The number of aryl methyl sites for hydroxylation is 1. The van der Waals surface area contributed by atoms with E-state index in [1.807, 2.05) is 6.20 Å². The standard InChI is InChI=1S/C20H24N4O/c1-14-12-21-18(22-14)13-24-9-7-20(8-10-24)19-16(6-11-25-20)15-4-2-3-5-17(15)23-19/h2-5,12,23H,6-11,13H2,1H3,(H,21,22). The number of hydrogen-bond donors (Lipinski definition) is 2. The van der Waals surface area contributed by atoms with Gasteiger partial charge in [-0.3, -0.25) is 4.90 Å². The van der Waals surface area contributed by atoms with E-state index in [1.54, 1.807) is 0 Å². The zero-order valence-electron chi connectivity index (χ0n) is 14.6. The van der Waals surface area contributed by atoms with Crippen LogP contribution in [0, 0.1) is 6.92 Å². The van der Waals surface area contributed by atoms with Crippen molar-refractivity contribution in [1.82, 2.24) is 19.9 Å². The van der Waals surface area contributed by atoms with Gasteiger partial charge >= 0.3 is 0 Å². The highest BCUT2D eigenvalue weighted by atomic mass is 16.5. The summed E-state index contributed by atoms with van der Waals surface area (Å²) >= 11 is 0. The lowest BCUT2D eigenvalue weighted by molar-refractivity contribution is -0.101. The fourth-order valence-corrected chi connectivity index (χ4v) is 4.49. The number of H-pyrrole nitrogens is 2. The number of likely N-dealkylation sites (tertiary alicyclic amines) is 1. The maximum atomic E-state index is 6.38. The summed E-state index contributed by atoms with van der Waals surface area (Å²) in [4.78, 5) is 13.9. The molecule has 5 nitrogen and oxygen atoms in total. The summed E-state index contributed by atoms with van der Waals surface area (Å²) in [5.41, 5.74) is 5.03. The first-order valence-electron chi connectivity index (χ1n) is 9.20. The van der Waals surface area contributed by atoms with E-state index in [4.69, 9.17) is 4.74 Å². The van der Waals surface area contributed by atoms with Crippen molar-refractivity contribution in [3.63, 3.8) is 0 Å². The molecule has 0 aliphatic carbocycles. The van der Waals surface area contributed by atoms with Crippen LogP contribution in [0.25, 0.3) is 10.9 Å². The Hall–Kier alpha value is -2.11. The molecule has 4 heterocycles. The zero-order valence-corrected chi connectivity index (χ0v) is 14.6. The SMILES string of the molecule is Cc1cnc(CN2CCC3(CC2)OCCc2c3[nH]c3ccccc23)[nH]1. The summed E-state index contributed by atoms with van der Waals surface area (Å²) < 4.78 is 6.38. The number of piperidine rings is 1. The number of aromatic amines is 2. The number of nitrogens with zero attached hydrogens (tertiary/aromatic N) is 2. The van der Waals surface area contributed by atoms with E-state index in [9.17, 15) is 0 Å². The molecule has 2 aromatic heterocycles. The van der Waals surface area contributed by atoms with Gasteiger partial charge in [-0.1, -0.05) is 18.2 Å². The minimum Gasteiger partial charge on any atom is -0.368 e. The van der Waals surface area contributed by atoms with E-state index in [2.05, 4.69) is 51.0 Å². The second-order valence-electron chi connectivity index (χ2n) is 7.41. The Labute approximate surface area is 147 Å². The summed E-state index contributed by atoms with van der Waals surface area (Å²) in [5, 5.41) is 1.37. The van der Waals surface area contributed by atoms with Crippen molar-refractivity contribution in [3.8, 4) is 0 Å². The lowest BCUT2D eigenvalue weighted by atomic mass is 9.83. The van der Waals surface area contributed by atoms with Gasteiger partial charge in [-0.15, -0.1) is 0 Å². The maximum absolute atomic E-state index is 6.38. The molecule has 1 saturated heterocycles. The molecule has 0 bridgehead atoms. The van der Waals surface area contributed by atoms with Gasteiger partial charge in [-0.25, -0.2) is 4.98 Å². The van der Waals surface area contributed by atoms with E-state index in [0.717, 1.165) is 57.0 Å². The zero-order chi connectivity index (χ0) is 16.9. The van der Waals surface area contributed by atoms with Crippen LogP contribution < -0.4 is 0 Å². The van der Waals surface area contributed by atoms with Crippen molar-refractivity contribution < 1.29 is 4.74 Å². The second kappa shape index (κ2) is 5.71. The van der Waals surface area contributed by atoms with Crippen LogP contribution in [0.2, 0.25) is 0 Å². The van der Waals surface area contributed by atoms with Crippen molar-refractivity contribution in [3.05, 3.63) is 53.2 Å². The monoisotopic (exact) mass is 336 g/mol. The average molecular weight is 336 g/mol. The molecule has 0 atom stereocenters. The molecule has 2 aliphatic heterocycles. The molecule has 1 spiro atoms. The third kappa shape index (κ3) is 2.50. The lowest BCUT2D eigenvalue weighted by Crippen LogP contribution is -2.46. The van der Waals surface area contributed by atoms with Crippen LogP contribution in [0.3, 0.4) is 0 Å². The van der Waals surface area contributed by atoms with Crippen LogP contribution in [0.4, 0.5) is 0 Å². The molecule has 5 heteroatoms. The van der Waals surface area contributed by atoms with Crippen molar-refractivity contribution in [2.24, 2.45) is 0 Å². The molecule has 1 aromatic carbocycles. The van der Waals surface area contributed by atoms with Crippen molar-refractivity contribution in [2.75, 3.05) is 19.7 Å². The predicted molar refractivity (Wildman–Crippen MR) is 97.5 cm³/mol. The number of hydrogen-bond acceptors (Lipinski definition) is 3. The fraction of sp³-hybridized carbons (Fsp3) is 0.450. The molecule has 0 saturated carbocycles. The van der Waals surface area contributed by atoms with Crippen LogP contribution in [0.1, 0.15) is 35.6 Å². The summed E-state index contributed by atoms with van der Waals surface area (Å²) in [6.07, 6.45) is 4.98. The Kier molecular flexibility index (Phi) is 3.47. The molecule has 0 radical (unpaired) electrons. The largest absolute Gasteiger partial charge is 0.368 e. The van der Waals surface area contributed by atoms with Gasteiger partial charge in [0.15, 0.2) is 0 Å². The number of aromatic nitrogens is 3. The number of imidazole rings is 1. The first kappa shape index (κ1) is 15.2. The number of fused-ring (bicyclic) bond motifs is 4. The number of para-hydroxylation sites is 1. The number of nitrogens with one attached hydrogen (secondary N) is 2. The van der Waals surface area contributed by atoms with Crippen LogP contribution in [0.5, 0.6) is 0 Å². The highest BCUT2D eigenvalue weighted by Gasteiger charge is 2.42. The summed E-state index contributed by atoms with van der Waals surface area (Å²) in [5.74, 6) is 1.06. The molecular formula is C20H24N4O. The Morgan fingerprint density at radius 1 is 1.20 bits per heavy atom. The van der Waals surface area contributed by atoms with Crippen molar-refractivity contribution >= 4 is 10.9 Å². The molecule has 25 heavy (non-hydrogen) atoms. The molecule has 5 rings (SSSR count). The smallest absolute Gasteiger partial charge is 0.120 e. The molecule has 0 unspecified atom stereocenters. The topological polar surface area (TPSA) is 56.9 Å². The Morgan fingerprint density at radius 2 is 2.04 bits per heavy atom. The number of benzene rings is 1. The third-order valence-corrected chi connectivity index (χ3v) is 5.79. The van der Waals surface area contributed by atoms with Crippen LogP contribution in [0.15, 0.2) is 30.5 Å². The number of ether oxygens (including phenoxy) is 1. The van der Waals surface area contributed by atoms with Gasteiger partial charge in [0.05, 0.1) is 18.8 Å². The molecule has 130 valence electrons. The molecule has 2 N–H and O–H groups in total. The second-order valence-corrected chi connectivity index (χ2v) is 7.41. The van der Waals surface area contributed by atoms with Gasteiger partial charge in [0.1, 0.15) is 11.4 Å². The van der Waals surface area contributed by atoms with Crippen molar-refractivity contribution in [1.29, 1.82) is 0 Å². The summed E-state index contributed by atoms with van der Waals surface area (Å²) in [7, 11) is 0. The molecule has 2 aliphatic rings. The van der Waals surface area contributed by atoms with Gasteiger partial charge in [0, 0.05) is 35.9 Å². The lowest BCUT2D eigenvalue weighted by Gasteiger charge is -2.43. The van der Waals surface area contributed by atoms with Gasteiger partial charge in [0.2, 0.25) is 0 Å². The van der Waals surface area contributed by atoms with E-state index in [-0.39, 0.29) is 5.60 Å². The van der Waals surface area contributed by atoms with Crippen LogP contribution in [-0.2, 0) is 23.3 Å². The molecule has 3 aromatic rings. The Balaban J connectivity index is 1.39.